The van der Waals surface area contributed by atoms with Gasteiger partial charge in [-0.2, -0.15) is 0 Å². The molecular formula is C15H20ClNO3. The van der Waals surface area contributed by atoms with E-state index >= 15 is 0 Å². The average molecular weight is 298 g/mol. The highest BCUT2D eigenvalue weighted by atomic mass is 35.5. The molecule has 0 aliphatic heterocycles. The van der Waals surface area contributed by atoms with Crippen molar-refractivity contribution < 1.29 is 14.7 Å². The largest absolute Gasteiger partial charge is 0.511 e. The molecule has 0 aromatic heterocycles. The van der Waals surface area contributed by atoms with Crippen molar-refractivity contribution in [3.8, 4) is 0 Å². The molecule has 4 nitrogen and oxygen atoms in total. The third-order valence-corrected chi connectivity index (χ3v) is 3.26. The van der Waals surface area contributed by atoms with Gasteiger partial charge in [-0.3, -0.25) is 4.79 Å². The van der Waals surface area contributed by atoms with Gasteiger partial charge in [-0.05, 0) is 24.8 Å². The maximum atomic E-state index is 12.2. The summed E-state index contributed by atoms with van der Waals surface area (Å²) in [6.07, 6.45) is 5.49. The summed E-state index contributed by atoms with van der Waals surface area (Å²) in [5.74, 6) is 0.143. The number of ketones is 1. The molecule has 1 atom stereocenters. The van der Waals surface area contributed by atoms with Gasteiger partial charge in [0, 0.05) is 18.4 Å². The fourth-order valence-electron chi connectivity index (χ4n) is 2.18. The minimum atomic E-state index is -0.0855. The molecule has 0 saturated carbocycles. The molecule has 1 aliphatic carbocycles. The van der Waals surface area contributed by atoms with E-state index in [0.717, 1.165) is 6.42 Å². The summed E-state index contributed by atoms with van der Waals surface area (Å²) >= 11 is 5.37. The van der Waals surface area contributed by atoms with Crippen LogP contribution in [0.3, 0.4) is 0 Å². The van der Waals surface area contributed by atoms with Crippen molar-refractivity contribution in [1.29, 1.82) is 0 Å². The SMILES string of the molecule is C=CCC1CC(=O)C(C(CC)=NOCC=CCl)=C(O)C1. The van der Waals surface area contributed by atoms with E-state index in [1.165, 1.54) is 5.54 Å². The Morgan fingerprint density at radius 3 is 2.90 bits per heavy atom. The standard InChI is InChI=1S/C15H20ClNO3/c1-3-6-11-9-13(18)15(14(19)10-11)12(4-2)17-20-8-5-7-16/h3,5,7,11,18H,1,4,6,8-10H2,2H3. The highest BCUT2D eigenvalue weighted by Gasteiger charge is 2.29. The molecule has 0 aromatic rings. The van der Waals surface area contributed by atoms with E-state index in [4.69, 9.17) is 16.4 Å². The number of aliphatic hydroxyl groups excluding tert-OH is 1. The fourth-order valence-corrected chi connectivity index (χ4v) is 2.26. The Morgan fingerprint density at radius 2 is 2.35 bits per heavy atom. The second-order valence-electron chi connectivity index (χ2n) is 4.59. The van der Waals surface area contributed by atoms with Crippen LogP contribution in [0.25, 0.3) is 0 Å². The molecule has 0 amide bonds. The number of rotatable bonds is 7. The number of hydrogen-bond donors (Lipinski definition) is 1. The lowest BCUT2D eigenvalue weighted by Gasteiger charge is -2.22. The summed E-state index contributed by atoms with van der Waals surface area (Å²) < 4.78 is 0. The lowest BCUT2D eigenvalue weighted by atomic mass is 9.83. The van der Waals surface area contributed by atoms with E-state index in [2.05, 4.69) is 11.7 Å². The second kappa shape index (κ2) is 8.59. The van der Waals surface area contributed by atoms with Crippen LogP contribution in [0, 0.1) is 5.92 Å². The van der Waals surface area contributed by atoms with Crippen LogP contribution in [0.1, 0.15) is 32.6 Å². The molecule has 5 heteroatoms. The van der Waals surface area contributed by atoms with Crippen LogP contribution < -0.4 is 0 Å². The molecule has 0 fully saturated rings. The fraction of sp³-hybridized carbons (Fsp3) is 0.467. The molecule has 1 rings (SSSR count). The van der Waals surface area contributed by atoms with Crippen LogP contribution in [0.4, 0.5) is 0 Å². The van der Waals surface area contributed by atoms with Crippen LogP contribution in [-0.4, -0.2) is 23.2 Å². The van der Waals surface area contributed by atoms with Gasteiger partial charge < -0.3 is 9.94 Å². The van der Waals surface area contributed by atoms with E-state index in [1.807, 2.05) is 6.92 Å². The smallest absolute Gasteiger partial charge is 0.168 e. The van der Waals surface area contributed by atoms with E-state index < -0.39 is 0 Å². The number of carbonyl (C=O) groups excluding carboxylic acids is 1. The van der Waals surface area contributed by atoms with Crippen molar-refractivity contribution >= 4 is 23.1 Å². The number of allylic oxidation sites excluding steroid dienone is 3. The summed E-state index contributed by atoms with van der Waals surface area (Å²) in [6, 6.07) is 0. The summed E-state index contributed by atoms with van der Waals surface area (Å²) in [4.78, 5) is 17.2. The van der Waals surface area contributed by atoms with Gasteiger partial charge in [-0.25, -0.2) is 0 Å². The molecule has 1 N–H and O–H groups in total. The Bertz CT molecular complexity index is 452. The first-order chi connectivity index (χ1) is 9.63. The number of nitrogens with zero attached hydrogens (tertiary/aromatic N) is 1. The zero-order chi connectivity index (χ0) is 15.0. The van der Waals surface area contributed by atoms with Crippen molar-refractivity contribution in [2.45, 2.75) is 32.6 Å². The van der Waals surface area contributed by atoms with Crippen LogP contribution in [0.2, 0.25) is 0 Å². The normalized spacial score (nSPS) is 20.6. The molecule has 0 spiro atoms. The van der Waals surface area contributed by atoms with Crippen molar-refractivity contribution in [3.05, 3.63) is 35.6 Å². The number of Topliss-reactive ketones (excluding diaryl/α,β-unsaturated/α-hetero) is 1. The number of halogens is 1. The molecule has 0 radical (unpaired) electrons. The number of aliphatic hydroxyl groups is 1. The molecule has 0 saturated heterocycles. The van der Waals surface area contributed by atoms with Crippen LogP contribution in [0.15, 0.2) is 40.8 Å². The summed E-state index contributed by atoms with van der Waals surface area (Å²) in [7, 11) is 0. The minimum absolute atomic E-state index is 0.0855. The molecule has 0 bridgehead atoms. The van der Waals surface area contributed by atoms with E-state index in [9.17, 15) is 9.90 Å². The quantitative estimate of drug-likeness (QED) is 0.336. The van der Waals surface area contributed by atoms with Crippen molar-refractivity contribution in [1.82, 2.24) is 0 Å². The Labute approximate surface area is 124 Å². The molecule has 0 heterocycles. The Kier molecular flexibility index (Phi) is 7.09. The molecule has 0 aromatic carbocycles. The maximum absolute atomic E-state index is 12.2. The van der Waals surface area contributed by atoms with Crippen LogP contribution in [0.5, 0.6) is 0 Å². The summed E-state index contributed by atoms with van der Waals surface area (Å²) in [5, 5.41) is 14.0. The van der Waals surface area contributed by atoms with Gasteiger partial charge in [0.2, 0.25) is 0 Å². The predicted octanol–water partition coefficient (Wildman–Crippen LogP) is 3.89. The van der Waals surface area contributed by atoms with Crippen LogP contribution in [-0.2, 0) is 9.63 Å². The van der Waals surface area contributed by atoms with Crippen molar-refractivity contribution in [3.63, 3.8) is 0 Å². The first-order valence-corrected chi connectivity index (χ1v) is 7.08. The zero-order valence-corrected chi connectivity index (χ0v) is 12.4. The number of carbonyl (C=O) groups is 1. The van der Waals surface area contributed by atoms with E-state index in [-0.39, 0.29) is 24.1 Å². The van der Waals surface area contributed by atoms with Gasteiger partial charge in [0.15, 0.2) is 5.78 Å². The summed E-state index contributed by atoms with van der Waals surface area (Å²) in [5.41, 5.74) is 2.12. The van der Waals surface area contributed by atoms with E-state index in [1.54, 1.807) is 12.2 Å². The minimum Gasteiger partial charge on any atom is -0.511 e. The molecular weight excluding hydrogens is 278 g/mol. The highest BCUT2D eigenvalue weighted by Crippen LogP contribution is 2.29. The van der Waals surface area contributed by atoms with Crippen molar-refractivity contribution in [2.75, 3.05) is 6.61 Å². The number of hydrogen-bond acceptors (Lipinski definition) is 4. The summed E-state index contributed by atoms with van der Waals surface area (Å²) in [6.45, 7) is 5.76. The first-order valence-electron chi connectivity index (χ1n) is 6.64. The van der Waals surface area contributed by atoms with Crippen LogP contribution >= 0.6 is 11.6 Å². The van der Waals surface area contributed by atoms with Gasteiger partial charge in [0.25, 0.3) is 0 Å². The topological polar surface area (TPSA) is 58.9 Å². The number of oxime groups is 1. The first kappa shape index (κ1) is 16.5. The zero-order valence-electron chi connectivity index (χ0n) is 11.6. The molecule has 1 aliphatic rings. The van der Waals surface area contributed by atoms with Crippen molar-refractivity contribution in [2.24, 2.45) is 11.1 Å². The van der Waals surface area contributed by atoms with Gasteiger partial charge in [0.05, 0.1) is 11.3 Å². The Hall–Kier alpha value is -1.55. The van der Waals surface area contributed by atoms with Gasteiger partial charge in [-0.1, -0.05) is 29.8 Å². The molecule has 20 heavy (non-hydrogen) atoms. The predicted molar refractivity (Wildman–Crippen MR) is 80.9 cm³/mol. The third kappa shape index (κ3) is 4.53. The van der Waals surface area contributed by atoms with Gasteiger partial charge in [0.1, 0.15) is 12.4 Å². The van der Waals surface area contributed by atoms with Gasteiger partial charge in [-0.15, -0.1) is 6.58 Å². The van der Waals surface area contributed by atoms with E-state index in [0.29, 0.717) is 30.5 Å². The lowest BCUT2D eigenvalue weighted by molar-refractivity contribution is -0.116. The lowest BCUT2D eigenvalue weighted by Crippen LogP contribution is -2.24. The molecule has 1 unspecified atom stereocenters. The molecule has 110 valence electrons. The third-order valence-electron chi connectivity index (χ3n) is 3.08. The maximum Gasteiger partial charge on any atom is 0.168 e. The highest BCUT2D eigenvalue weighted by molar-refractivity contribution is 6.25. The average Bonchev–Trinajstić information content (AvgIpc) is 2.41. The second-order valence-corrected chi connectivity index (χ2v) is 4.84. The van der Waals surface area contributed by atoms with Gasteiger partial charge >= 0.3 is 0 Å². The Balaban J connectivity index is 2.87. The monoisotopic (exact) mass is 297 g/mol. The Morgan fingerprint density at radius 1 is 1.60 bits per heavy atom.